The van der Waals surface area contributed by atoms with Crippen LogP contribution in [-0.4, -0.2) is 42.9 Å². The fourth-order valence-electron chi connectivity index (χ4n) is 1.60. The van der Waals surface area contributed by atoms with Crippen LogP contribution in [0.4, 0.5) is 48.3 Å². The van der Waals surface area contributed by atoms with Crippen LogP contribution in [0.5, 0.6) is 0 Å². The van der Waals surface area contributed by atoms with Crippen molar-refractivity contribution in [2.75, 3.05) is 0 Å². The lowest BCUT2D eigenvalue weighted by Crippen LogP contribution is -2.66. The van der Waals surface area contributed by atoms with Gasteiger partial charge in [-0.05, 0) is 0 Å². The SMILES string of the molecule is O=S1(=O)C(F)(F)C(F)C(F)(C(F)(F)F)C1(F)C(F)(F)F. The van der Waals surface area contributed by atoms with E-state index in [2.05, 4.69) is 0 Å². The zero-order valence-electron chi connectivity index (χ0n) is 8.46. The summed E-state index contributed by atoms with van der Waals surface area (Å²) >= 11 is 0. The van der Waals surface area contributed by atoms with Crippen LogP contribution < -0.4 is 0 Å². The number of sulfone groups is 1. The topological polar surface area (TPSA) is 34.1 Å². The molecule has 0 aromatic heterocycles. The second kappa shape index (κ2) is 3.68. The Balaban J connectivity index is 3.95. The second-order valence-electron chi connectivity index (χ2n) is 3.73. The van der Waals surface area contributed by atoms with Crippen molar-refractivity contribution in [1.82, 2.24) is 0 Å². The zero-order chi connectivity index (χ0) is 16.6. The summed E-state index contributed by atoms with van der Waals surface area (Å²) < 4.78 is 159. The summed E-state index contributed by atoms with van der Waals surface area (Å²) in [5.74, 6) is 0. The molecule has 1 aliphatic heterocycles. The van der Waals surface area contributed by atoms with Crippen molar-refractivity contribution in [2.45, 2.75) is 34.4 Å². The Labute approximate surface area is 102 Å². The molecular formula is C6HF11O2S. The van der Waals surface area contributed by atoms with E-state index in [1.807, 2.05) is 0 Å². The van der Waals surface area contributed by atoms with E-state index in [-0.39, 0.29) is 0 Å². The Morgan fingerprint density at radius 2 is 1.15 bits per heavy atom. The molecule has 0 spiro atoms. The van der Waals surface area contributed by atoms with Gasteiger partial charge in [0, 0.05) is 0 Å². The molecule has 1 fully saturated rings. The summed E-state index contributed by atoms with van der Waals surface area (Å²) in [5, 5.41) is -13.7. The molecule has 0 bridgehead atoms. The lowest BCUT2D eigenvalue weighted by Gasteiger charge is -2.34. The Bertz CT molecular complexity index is 518. The Kier molecular flexibility index (Phi) is 3.17. The molecule has 3 unspecified atom stereocenters. The van der Waals surface area contributed by atoms with E-state index in [0.29, 0.717) is 0 Å². The molecule has 0 aromatic carbocycles. The molecule has 1 heterocycles. The summed E-state index contributed by atoms with van der Waals surface area (Å²) in [7, 11) is -7.86. The highest BCUT2D eigenvalue weighted by Gasteiger charge is 2.99. The molecule has 0 aliphatic carbocycles. The quantitative estimate of drug-likeness (QED) is 0.632. The average molecular weight is 346 g/mol. The molecule has 0 radical (unpaired) electrons. The van der Waals surface area contributed by atoms with Crippen LogP contribution in [0.15, 0.2) is 0 Å². The minimum atomic E-state index is -7.86. The standard InChI is InChI=1S/C6HF11O2S/c7-1-2(8,5(12,13)14)4(11,6(15,16)17)20(18,19)3(1,9)10/h1H. The van der Waals surface area contributed by atoms with Gasteiger partial charge in [-0.15, -0.1) is 0 Å². The predicted molar refractivity (Wildman–Crippen MR) is 38.6 cm³/mol. The van der Waals surface area contributed by atoms with Crippen molar-refractivity contribution in [3.63, 3.8) is 0 Å². The van der Waals surface area contributed by atoms with Crippen molar-refractivity contribution in [2.24, 2.45) is 0 Å². The van der Waals surface area contributed by atoms with Crippen LogP contribution in [0, 0.1) is 0 Å². The largest absolute Gasteiger partial charge is 0.441 e. The molecule has 3 atom stereocenters. The fourth-order valence-corrected chi connectivity index (χ4v) is 3.32. The van der Waals surface area contributed by atoms with Crippen molar-refractivity contribution >= 4 is 9.84 Å². The lowest BCUT2D eigenvalue weighted by atomic mass is 9.92. The van der Waals surface area contributed by atoms with Crippen LogP contribution in [0.25, 0.3) is 0 Å². The maximum atomic E-state index is 13.4. The van der Waals surface area contributed by atoms with Crippen molar-refractivity contribution in [3.05, 3.63) is 0 Å². The smallest absolute Gasteiger partial charge is 0.235 e. The molecule has 120 valence electrons. The van der Waals surface area contributed by atoms with Crippen LogP contribution in [0.3, 0.4) is 0 Å². The maximum absolute atomic E-state index is 13.4. The van der Waals surface area contributed by atoms with Gasteiger partial charge < -0.3 is 0 Å². The molecule has 1 rings (SSSR count). The highest BCUT2D eigenvalue weighted by molar-refractivity contribution is 7.94. The summed E-state index contributed by atoms with van der Waals surface area (Å²) in [4.78, 5) is 0. The van der Waals surface area contributed by atoms with Gasteiger partial charge in [-0.3, -0.25) is 0 Å². The molecule has 0 saturated carbocycles. The highest BCUT2D eigenvalue weighted by atomic mass is 32.2. The third kappa shape index (κ3) is 1.43. The maximum Gasteiger partial charge on any atom is 0.441 e. The van der Waals surface area contributed by atoms with Crippen LogP contribution in [0.1, 0.15) is 0 Å². The lowest BCUT2D eigenvalue weighted by molar-refractivity contribution is -0.329. The van der Waals surface area contributed by atoms with Gasteiger partial charge in [0.1, 0.15) is 0 Å². The van der Waals surface area contributed by atoms with Crippen molar-refractivity contribution < 1.29 is 56.7 Å². The number of halogens is 11. The Hall–Kier alpha value is -0.820. The second-order valence-corrected chi connectivity index (χ2v) is 5.84. The number of alkyl halides is 11. The van der Waals surface area contributed by atoms with Gasteiger partial charge in [0.2, 0.25) is 6.17 Å². The molecule has 0 N–H and O–H groups in total. The average Bonchev–Trinajstić information content (AvgIpc) is 2.28. The van der Waals surface area contributed by atoms with Gasteiger partial charge in [0.05, 0.1) is 0 Å². The minimum Gasteiger partial charge on any atom is -0.235 e. The number of rotatable bonds is 0. The summed E-state index contributed by atoms with van der Waals surface area (Å²) in [5.41, 5.74) is -7.00. The number of hydrogen-bond acceptors (Lipinski definition) is 2. The molecule has 20 heavy (non-hydrogen) atoms. The van der Waals surface area contributed by atoms with Crippen molar-refractivity contribution in [3.8, 4) is 0 Å². The monoisotopic (exact) mass is 346 g/mol. The molecule has 2 nitrogen and oxygen atoms in total. The van der Waals surface area contributed by atoms with E-state index in [1.165, 1.54) is 0 Å². The first-order valence-corrected chi connectivity index (χ1v) is 5.66. The summed E-state index contributed by atoms with van der Waals surface area (Å²) in [6, 6.07) is 0. The minimum absolute atomic E-state index is 5.62. The van der Waals surface area contributed by atoms with E-state index in [4.69, 9.17) is 0 Å². The third-order valence-corrected chi connectivity index (χ3v) is 4.81. The van der Waals surface area contributed by atoms with Crippen LogP contribution in [0.2, 0.25) is 0 Å². The molecular weight excluding hydrogens is 345 g/mol. The molecule has 0 amide bonds. The first-order chi connectivity index (χ1) is 8.40. The van der Waals surface area contributed by atoms with E-state index in [9.17, 15) is 56.7 Å². The van der Waals surface area contributed by atoms with Crippen LogP contribution in [-0.2, 0) is 9.84 Å². The molecule has 0 aromatic rings. The molecule has 14 heteroatoms. The Morgan fingerprint density at radius 1 is 0.800 bits per heavy atom. The molecule has 1 aliphatic rings. The van der Waals surface area contributed by atoms with Gasteiger partial charge >= 0.3 is 28.3 Å². The van der Waals surface area contributed by atoms with E-state index in [0.717, 1.165) is 0 Å². The van der Waals surface area contributed by atoms with Gasteiger partial charge in [-0.25, -0.2) is 21.6 Å². The predicted octanol–water partition coefficient (Wildman–Crippen LogP) is 2.84. The number of hydrogen-bond donors (Lipinski definition) is 0. The zero-order valence-corrected chi connectivity index (χ0v) is 9.28. The first-order valence-electron chi connectivity index (χ1n) is 4.18. The summed E-state index contributed by atoms with van der Waals surface area (Å²) in [6.07, 6.45) is -20.1. The molecule has 1 saturated heterocycles. The Morgan fingerprint density at radius 3 is 1.35 bits per heavy atom. The third-order valence-electron chi connectivity index (χ3n) is 2.62. The van der Waals surface area contributed by atoms with Gasteiger partial charge in [0.25, 0.3) is 9.84 Å². The summed E-state index contributed by atoms with van der Waals surface area (Å²) in [6.45, 7) is 0. The van der Waals surface area contributed by atoms with Gasteiger partial charge in [-0.2, -0.15) is 35.1 Å². The normalized spacial score (nSPS) is 40.9. The van der Waals surface area contributed by atoms with Gasteiger partial charge in [-0.1, -0.05) is 0 Å². The van der Waals surface area contributed by atoms with Crippen molar-refractivity contribution in [1.29, 1.82) is 0 Å². The fraction of sp³-hybridized carbons (Fsp3) is 1.00. The van der Waals surface area contributed by atoms with E-state index >= 15 is 0 Å². The first kappa shape index (κ1) is 17.2. The highest BCUT2D eigenvalue weighted by Crippen LogP contribution is 2.66. The van der Waals surface area contributed by atoms with E-state index < -0.39 is 44.3 Å². The van der Waals surface area contributed by atoms with E-state index in [1.54, 1.807) is 0 Å². The van der Waals surface area contributed by atoms with Gasteiger partial charge in [0.15, 0.2) is 0 Å². The van der Waals surface area contributed by atoms with Crippen LogP contribution >= 0.6 is 0 Å².